The minimum atomic E-state index is -0.150. The van der Waals surface area contributed by atoms with Gasteiger partial charge in [0.25, 0.3) is 5.91 Å². The maximum absolute atomic E-state index is 12.0. The van der Waals surface area contributed by atoms with E-state index in [-0.39, 0.29) is 11.9 Å². The Balaban J connectivity index is 1.82. The first-order chi connectivity index (χ1) is 10.6. The number of benzene rings is 2. The second-order valence-electron chi connectivity index (χ2n) is 4.87. The monoisotopic (exact) mass is 319 g/mol. The fourth-order valence-corrected chi connectivity index (χ4v) is 1.97. The summed E-state index contributed by atoms with van der Waals surface area (Å²) in [5, 5.41) is 3.48. The molecular weight excluding hydrogens is 302 g/mol. The molecule has 0 spiro atoms. The number of hydrogen-bond acceptors (Lipinski definition) is 3. The highest BCUT2D eigenvalue weighted by atomic mass is 35.5. The third-order valence-electron chi connectivity index (χ3n) is 3.04. The molecule has 4 nitrogen and oxygen atoms in total. The zero-order valence-electron chi connectivity index (χ0n) is 12.5. The molecule has 0 heterocycles. The van der Waals surface area contributed by atoms with Crippen LogP contribution in [0.15, 0.2) is 48.5 Å². The summed E-state index contributed by atoms with van der Waals surface area (Å²) in [6.45, 7) is 2.27. The largest absolute Gasteiger partial charge is 0.497 e. The van der Waals surface area contributed by atoms with Gasteiger partial charge in [-0.1, -0.05) is 11.6 Å². The van der Waals surface area contributed by atoms with E-state index in [9.17, 15) is 4.79 Å². The molecule has 0 bridgehead atoms. The first-order valence-corrected chi connectivity index (χ1v) is 7.29. The number of methoxy groups -OCH3 is 1. The topological polar surface area (TPSA) is 47.6 Å². The first kappa shape index (κ1) is 16.2. The Kier molecular flexibility index (Phi) is 5.67. The molecule has 1 N–H and O–H groups in total. The quantitative estimate of drug-likeness (QED) is 0.885. The maximum Gasteiger partial charge on any atom is 0.251 e. The molecule has 0 unspecified atom stereocenters. The summed E-state index contributed by atoms with van der Waals surface area (Å²) in [5.74, 6) is 1.35. The Morgan fingerprint density at radius 3 is 2.27 bits per heavy atom. The van der Waals surface area contributed by atoms with Crippen LogP contribution in [0.3, 0.4) is 0 Å². The van der Waals surface area contributed by atoms with Gasteiger partial charge in [-0.3, -0.25) is 4.79 Å². The smallest absolute Gasteiger partial charge is 0.251 e. The van der Waals surface area contributed by atoms with Crippen LogP contribution >= 0.6 is 11.6 Å². The van der Waals surface area contributed by atoms with E-state index < -0.39 is 0 Å². The Bertz CT molecular complexity index is 611. The molecule has 1 amide bonds. The van der Waals surface area contributed by atoms with Gasteiger partial charge in [0.2, 0.25) is 0 Å². The number of hydrogen-bond donors (Lipinski definition) is 1. The number of nitrogens with one attached hydrogen (secondary N) is 1. The van der Waals surface area contributed by atoms with Crippen LogP contribution in [-0.4, -0.2) is 25.7 Å². The van der Waals surface area contributed by atoms with Crippen LogP contribution in [0, 0.1) is 0 Å². The highest BCUT2D eigenvalue weighted by Crippen LogP contribution is 2.17. The summed E-state index contributed by atoms with van der Waals surface area (Å²) in [4.78, 5) is 12.0. The third-order valence-corrected chi connectivity index (χ3v) is 3.30. The number of carbonyl (C=O) groups excluding carboxylic acids is 1. The van der Waals surface area contributed by atoms with Gasteiger partial charge in [0.05, 0.1) is 13.2 Å². The van der Waals surface area contributed by atoms with E-state index in [0.717, 1.165) is 11.5 Å². The molecule has 0 saturated carbocycles. The second-order valence-corrected chi connectivity index (χ2v) is 5.30. The van der Waals surface area contributed by atoms with Crippen molar-refractivity contribution in [1.82, 2.24) is 5.32 Å². The standard InChI is InChI=1S/C17H18ClNO3/c1-12(11-22-16-9-7-15(21-2)8-10-16)19-17(20)13-3-5-14(18)6-4-13/h3-10,12H,11H2,1-2H3,(H,19,20)/t12-/m0/s1. The minimum Gasteiger partial charge on any atom is -0.497 e. The zero-order valence-corrected chi connectivity index (χ0v) is 13.3. The summed E-state index contributed by atoms with van der Waals surface area (Å²) in [6.07, 6.45) is 0. The molecule has 0 aromatic heterocycles. The fourth-order valence-electron chi connectivity index (χ4n) is 1.84. The summed E-state index contributed by atoms with van der Waals surface area (Å²) in [5.41, 5.74) is 0.570. The highest BCUT2D eigenvalue weighted by molar-refractivity contribution is 6.30. The van der Waals surface area contributed by atoms with E-state index >= 15 is 0 Å². The van der Waals surface area contributed by atoms with E-state index in [1.54, 1.807) is 31.4 Å². The Labute approximate surface area is 135 Å². The molecule has 2 aromatic rings. The van der Waals surface area contributed by atoms with Gasteiger partial charge in [0, 0.05) is 10.6 Å². The first-order valence-electron chi connectivity index (χ1n) is 6.92. The fraction of sp³-hybridized carbons (Fsp3) is 0.235. The van der Waals surface area contributed by atoms with Crippen LogP contribution in [0.25, 0.3) is 0 Å². The van der Waals surface area contributed by atoms with E-state index in [1.165, 1.54) is 0 Å². The molecule has 2 rings (SSSR count). The van der Waals surface area contributed by atoms with Crippen molar-refractivity contribution in [1.29, 1.82) is 0 Å². The van der Waals surface area contributed by atoms with Crippen molar-refractivity contribution in [2.45, 2.75) is 13.0 Å². The Morgan fingerprint density at radius 2 is 1.68 bits per heavy atom. The van der Waals surface area contributed by atoms with Gasteiger partial charge in [-0.25, -0.2) is 0 Å². The van der Waals surface area contributed by atoms with Crippen molar-refractivity contribution in [3.8, 4) is 11.5 Å². The van der Waals surface area contributed by atoms with E-state index in [0.29, 0.717) is 17.2 Å². The van der Waals surface area contributed by atoms with Crippen molar-refractivity contribution < 1.29 is 14.3 Å². The lowest BCUT2D eigenvalue weighted by atomic mass is 10.2. The second kappa shape index (κ2) is 7.71. The van der Waals surface area contributed by atoms with Gasteiger partial charge >= 0.3 is 0 Å². The molecule has 0 aliphatic rings. The van der Waals surface area contributed by atoms with E-state index in [1.807, 2.05) is 31.2 Å². The SMILES string of the molecule is COc1ccc(OC[C@H](C)NC(=O)c2ccc(Cl)cc2)cc1. The predicted octanol–water partition coefficient (Wildman–Crippen LogP) is 3.55. The van der Waals surface area contributed by atoms with Gasteiger partial charge in [0.1, 0.15) is 18.1 Å². The van der Waals surface area contributed by atoms with Gasteiger partial charge in [-0.15, -0.1) is 0 Å². The molecule has 0 saturated heterocycles. The summed E-state index contributed by atoms with van der Waals surface area (Å²) in [6, 6.07) is 13.9. The average Bonchev–Trinajstić information content (AvgIpc) is 2.54. The predicted molar refractivity (Wildman–Crippen MR) is 86.9 cm³/mol. The molecular formula is C17H18ClNO3. The maximum atomic E-state index is 12.0. The molecule has 0 radical (unpaired) electrons. The van der Waals surface area contributed by atoms with Crippen molar-refractivity contribution >= 4 is 17.5 Å². The number of amides is 1. The molecule has 2 aromatic carbocycles. The molecule has 0 aliphatic carbocycles. The molecule has 22 heavy (non-hydrogen) atoms. The van der Waals surface area contributed by atoms with Crippen molar-refractivity contribution in [2.24, 2.45) is 0 Å². The van der Waals surface area contributed by atoms with Gasteiger partial charge in [-0.2, -0.15) is 0 Å². The number of carbonyl (C=O) groups is 1. The number of rotatable bonds is 6. The highest BCUT2D eigenvalue weighted by Gasteiger charge is 2.10. The van der Waals surface area contributed by atoms with Crippen LogP contribution in [0.4, 0.5) is 0 Å². The van der Waals surface area contributed by atoms with Crippen molar-refractivity contribution in [3.05, 3.63) is 59.1 Å². The summed E-state index contributed by atoms with van der Waals surface area (Å²) in [7, 11) is 1.62. The minimum absolute atomic E-state index is 0.120. The molecule has 116 valence electrons. The zero-order chi connectivity index (χ0) is 15.9. The number of halogens is 1. The van der Waals surface area contributed by atoms with Gasteiger partial charge in [0.15, 0.2) is 0 Å². The van der Waals surface area contributed by atoms with Crippen LogP contribution < -0.4 is 14.8 Å². The number of ether oxygens (including phenoxy) is 2. The van der Waals surface area contributed by atoms with Crippen LogP contribution in [-0.2, 0) is 0 Å². The molecule has 5 heteroatoms. The molecule has 0 aliphatic heterocycles. The molecule has 0 fully saturated rings. The average molecular weight is 320 g/mol. The van der Waals surface area contributed by atoms with Crippen molar-refractivity contribution in [2.75, 3.05) is 13.7 Å². The van der Waals surface area contributed by atoms with E-state index in [4.69, 9.17) is 21.1 Å². The van der Waals surface area contributed by atoms with E-state index in [2.05, 4.69) is 5.32 Å². The Hall–Kier alpha value is -2.20. The molecule has 1 atom stereocenters. The lowest BCUT2D eigenvalue weighted by Gasteiger charge is -2.15. The van der Waals surface area contributed by atoms with Crippen LogP contribution in [0.5, 0.6) is 11.5 Å². The summed E-state index contributed by atoms with van der Waals surface area (Å²) >= 11 is 5.80. The lowest BCUT2D eigenvalue weighted by Crippen LogP contribution is -2.36. The van der Waals surface area contributed by atoms with Gasteiger partial charge < -0.3 is 14.8 Å². The Morgan fingerprint density at radius 1 is 1.09 bits per heavy atom. The van der Waals surface area contributed by atoms with Crippen LogP contribution in [0.2, 0.25) is 5.02 Å². The third kappa shape index (κ3) is 4.67. The normalized spacial score (nSPS) is 11.6. The van der Waals surface area contributed by atoms with Gasteiger partial charge in [-0.05, 0) is 55.5 Å². The van der Waals surface area contributed by atoms with Crippen molar-refractivity contribution in [3.63, 3.8) is 0 Å². The van der Waals surface area contributed by atoms with Crippen LogP contribution in [0.1, 0.15) is 17.3 Å². The lowest BCUT2D eigenvalue weighted by molar-refractivity contribution is 0.0926. The summed E-state index contributed by atoms with van der Waals surface area (Å²) < 4.78 is 10.7.